The first-order valence-corrected chi connectivity index (χ1v) is 9.79. The lowest BCUT2D eigenvalue weighted by atomic mass is 10.00. The monoisotopic (exact) mass is 389 g/mol. The molecule has 1 aliphatic heterocycles. The van der Waals surface area contributed by atoms with E-state index in [1.807, 2.05) is 6.20 Å². The molecule has 5 nitrogen and oxygen atoms in total. The van der Waals surface area contributed by atoms with Crippen molar-refractivity contribution in [2.24, 2.45) is 5.92 Å². The van der Waals surface area contributed by atoms with Gasteiger partial charge in [0.15, 0.2) is 0 Å². The molecule has 0 aromatic carbocycles. The van der Waals surface area contributed by atoms with Crippen LogP contribution >= 0.6 is 27.3 Å². The predicted octanol–water partition coefficient (Wildman–Crippen LogP) is 2.59. The normalized spacial score (nSPS) is 18.9. The third-order valence-electron chi connectivity index (χ3n) is 3.78. The maximum absolute atomic E-state index is 12.6. The van der Waals surface area contributed by atoms with E-state index < -0.39 is 10.0 Å². The number of hydrogen-bond acceptors (Lipinski definition) is 4. The summed E-state index contributed by atoms with van der Waals surface area (Å²) in [6.07, 6.45) is 5.66. The largest absolute Gasteiger partial charge is 0.335 e. The van der Waals surface area contributed by atoms with Crippen molar-refractivity contribution in [2.45, 2.75) is 23.6 Å². The van der Waals surface area contributed by atoms with Gasteiger partial charge in [0.05, 0.1) is 0 Å². The number of thiophene rings is 1. The molecule has 0 radical (unpaired) electrons. The van der Waals surface area contributed by atoms with Crippen molar-refractivity contribution in [3.63, 3.8) is 0 Å². The molecule has 2 aromatic heterocycles. The van der Waals surface area contributed by atoms with Crippen LogP contribution in [0, 0.1) is 5.92 Å². The molecule has 1 aliphatic rings. The third kappa shape index (κ3) is 2.94. The maximum atomic E-state index is 12.6. The molecule has 0 spiro atoms. The van der Waals surface area contributed by atoms with Gasteiger partial charge in [-0.25, -0.2) is 13.4 Å². The number of aryl methyl sites for hydroxylation is 1. The smallest absolute Gasteiger partial charge is 0.253 e. The first-order valence-electron chi connectivity index (χ1n) is 6.68. The predicted molar refractivity (Wildman–Crippen MR) is 85.9 cm³/mol. The van der Waals surface area contributed by atoms with Crippen LogP contribution in [0.1, 0.15) is 12.2 Å². The summed E-state index contributed by atoms with van der Waals surface area (Å²) in [5, 5.41) is 1.78. The summed E-state index contributed by atoms with van der Waals surface area (Å²) in [5.41, 5.74) is 0. The lowest BCUT2D eigenvalue weighted by Gasteiger charge is -2.27. The lowest BCUT2D eigenvalue weighted by molar-refractivity contribution is 0.303. The Morgan fingerprint density at radius 2 is 2.38 bits per heavy atom. The van der Waals surface area contributed by atoms with Crippen LogP contribution < -0.4 is 0 Å². The summed E-state index contributed by atoms with van der Waals surface area (Å²) in [7, 11) is -1.75. The van der Waals surface area contributed by atoms with Crippen LogP contribution in [0.2, 0.25) is 0 Å². The molecular formula is C13H16BrN3O2S2. The van der Waals surface area contributed by atoms with E-state index in [-0.39, 0.29) is 0 Å². The molecule has 0 N–H and O–H groups in total. The second-order valence-electron chi connectivity index (χ2n) is 5.24. The molecule has 0 bridgehead atoms. The van der Waals surface area contributed by atoms with Crippen LogP contribution in [0.5, 0.6) is 0 Å². The fourth-order valence-corrected chi connectivity index (χ4v) is 6.40. The second-order valence-corrected chi connectivity index (χ2v) is 9.25. The molecule has 1 atom stereocenters. The van der Waals surface area contributed by atoms with Gasteiger partial charge in [-0.05, 0) is 39.7 Å². The number of aromatic nitrogens is 2. The Morgan fingerprint density at radius 3 is 3.10 bits per heavy atom. The van der Waals surface area contributed by atoms with E-state index in [1.54, 1.807) is 24.7 Å². The van der Waals surface area contributed by atoms with Gasteiger partial charge in [-0.2, -0.15) is 4.31 Å². The van der Waals surface area contributed by atoms with Crippen LogP contribution in [-0.2, 0) is 23.0 Å². The van der Waals surface area contributed by atoms with E-state index in [1.165, 1.54) is 15.6 Å². The van der Waals surface area contributed by atoms with Gasteiger partial charge in [0, 0.05) is 43.4 Å². The van der Waals surface area contributed by atoms with Gasteiger partial charge < -0.3 is 4.57 Å². The average molecular weight is 390 g/mol. The molecule has 8 heteroatoms. The van der Waals surface area contributed by atoms with Crippen molar-refractivity contribution in [3.8, 4) is 0 Å². The van der Waals surface area contributed by atoms with Crippen LogP contribution in [0.3, 0.4) is 0 Å². The lowest BCUT2D eigenvalue weighted by Crippen LogP contribution is -2.35. The molecule has 21 heavy (non-hydrogen) atoms. The Bertz CT molecular complexity index is 738. The Balaban J connectivity index is 1.73. The van der Waals surface area contributed by atoms with Crippen molar-refractivity contribution < 1.29 is 8.42 Å². The van der Waals surface area contributed by atoms with Gasteiger partial charge in [0.1, 0.15) is 10.0 Å². The fourth-order valence-electron chi connectivity index (χ4n) is 2.65. The van der Waals surface area contributed by atoms with Crippen LogP contribution in [0.4, 0.5) is 0 Å². The SMILES string of the molecule is CN(C[C@H]1CCc2nccn2C1)S(=O)(=O)c1sccc1Br. The maximum Gasteiger partial charge on any atom is 0.253 e. The molecule has 3 heterocycles. The number of fused-ring (bicyclic) bond motifs is 1. The van der Waals surface area contributed by atoms with Gasteiger partial charge in [0.25, 0.3) is 10.0 Å². The Morgan fingerprint density at radius 1 is 1.57 bits per heavy atom. The Hall–Kier alpha value is -0.700. The van der Waals surface area contributed by atoms with Gasteiger partial charge in [0.2, 0.25) is 0 Å². The number of hydrogen-bond donors (Lipinski definition) is 0. The number of halogens is 1. The van der Waals surface area contributed by atoms with E-state index in [4.69, 9.17) is 0 Å². The number of sulfonamides is 1. The van der Waals surface area contributed by atoms with Crippen LogP contribution in [0.25, 0.3) is 0 Å². The highest BCUT2D eigenvalue weighted by atomic mass is 79.9. The minimum atomic E-state index is -3.41. The summed E-state index contributed by atoms with van der Waals surface area (Å²) in [6.45, 7) is 1.37. The van der Waals surface area contributed by atoms with E-state index in [0.717, 1.165) is 25.2 Å². The summed E-state index contributed by atoms with van der Waals surface area (Å²) in [5.74, 6) is 1.42. The highest BCUT2D eigenvalue weighted by Gasteiger charge is 2.28. The van der Waals surface area contributed by atoms with Crippen molar-refractivity contribution in [1.29, 1.82) is 0 Å². The van der Waals surface area contributed by atoms with Gasteiger partial charge in [-0.3, -0.25) is 0 Å². The molecule has 0 aliphatic carbocycles. The highest BCUT2D eigenvalue weighted by Crippen LogP contribution is 2.30. The third-order valence-corrected chi connectivity index (χ3v) is 8.25. The molecule has 0 saturated carbocycles. The zero-order chi connectivity index (χ0) is 15.0. The zero-order valence-corrected chi connectivity index (χ0v) is 14.8. The van der Waals surface area contributed by atoms with Crippen molar-refractivity contribution in [3.05, 3.63) is 34.1 Å². The second kappa shape index (κ2) is 5.83. The molecular weight excluding hydrogens is 374 g/mol. The minimum Gasteiger partial charge on any atom is -0.335 e. The van der Waals surface area contributed by atoms with E-state index in [9.17, 15) is 8.42 Å². The molecule has 0 amide bonds. The molecule has 0 saturated heterocycles. The Labute approximate surface area is 136 Å². The fraction of sp³-hybridized carbons (Fsp3) is 0.462. The van der Waals surface area contributed by atoms with Crippen LogP contribution in [0.15, 0.2) is 32.5 Å². The molecule has 0 fully saturated rings. The minimum absolute atomic E-state index is 0.324. The van der Waals surface area contributed by atoms with Crippen molar-refractivity contribution in [2.75, 3.05) is 13.6 Å². The molecule has 114 valence electrons. The van der Waals surface area contributed by atoms with Gasteiger partial charge in [-0.1, -0.05) is 0 Å². The zero-order valence-electron chi connectivity index (χ0n) is 11.6. The van der Waals surface area contributed by atoms with E-state index in [0.29, 0.717) is 21.1 Å². The average Bonchev–Trinajstić information content (AvgIpc) is 3.06. The summed E-state index contributed by atoms with van der Waals surface area (Å²) in [4.78, 5) is 4.30. The number of nitrogens with zero attached hydrogens (tertiary/aromatic N) is 3. The molecule has 2 aromatic rings. The van der Waals surface area contributed by atoms with Gasteiger partial charge >= 0.3 is 0 Å². The Kier molecular flexibility index (Phi) is 4.22. The van der Waals surface area contributed by atoms with E-state index >= 15 is 0 Å². The summed E-state index contributed by atoms with van der Waals surface area (Å²) < 4.78 is 29.7. The van der Waals surface area contributed by atoms with Crippen molar-refractivity contribution >= 4 is 37.3 Å². The first-order chi connectivity index (χ1) is 9.98. The van der Waals surface area contributed by atoms with Gasteiger partial charge in [-0.15, -0.1) is 11.3 Å². The number of rotatable bonds is 4. The summed E-state index contributed by atoms with van der Waals surface area (Å²) in [6, 6.07) is 1.77. The number of imidazole rings is 1. The standard InChI is InChI=1S/C13H16BrN3O2S2/c1-16(21(18,19)13-11(14)4-7-20-13)8-10-2-3-12-15-5-6-17(12)9-10/h4-7,10H,2-3,8-9H2,1H3/t10-/m1/s1. The molecule has 0 unspecified atom stereocenters. The topological polar surface area (TPSA) is 55.2 Å². The quantitative estimate of drug-likeness (QED) is 0.807. The van der Waals surface area contributed by atoms with Crippen LogP contribution in [-0.4, -0.2) is 35.9 Å². The van der Waals surface area contributed by atoms with Crippen molar-refractivity contribution in [1.82, 2.24) is 13.9 Å². The summed E-state index contributed by atoms with van der Waals surface area (Å²) >= 11 is 4.55. The first kappa shape index (κ1) is 15.2. The highest BCUT2D eigenvalue weighted by molar-refractivity contribution is 9.10. The molecule has 3 rings (SSSR count). The van der Waals surface area contributed by atoms with E-state index in [2.05, 4.69) is 25.5 Å².